The van der Waals surface area contributed by atoms with Crippen LogP contribution in [0.4, 0.5) is 11.4 Å². The number of anilines is 2. The summed E-state index contributed by atoms with van der Waals surface area (Å²) in [5.74, 6) is 0. The lowest BCUT2D eigenvalue weighted by Gasteiger charge is -2.33. The second-order valence-electron chi connectivity index (χ2n) is 7.28. The SMILES string of the molecule is CCCc1cccnc1C(CCN1c2ccccc2Sc2ccccc21)S(=O)(=O)O. The van der Waals surface area contributed by atoms with Gasteiger partial charge >= 0.3 is 0 Å². The van der Waals surface area contributed by atoms with E-state index >= 15 is 0 Å². The van der Waals surface area contributed by atoms with Gasteiger partial charge in [0.2, 0.25) is 0 Å². The van der Waals surface area contributed by atoms with E-state index in [-0.39, 0.29) is 6.42 Å². The molecular formula is C23H24N2O3S2. The minimum atomic E-state index is -4.31. The fourth-order valence-corrected chi connectivity index (χ4v) is 5.91. The van der Waals surface area contributed by atoms with E-state index in [1.807, 2.05) is 55.5 Å². The molecule has 0 radical (unpaired) electrons. The summed E-state index contributed by atoms with van der Waals surface area (Å²) < 4.78 is 34.7. The number of nitrogens with zero attached hydrogens (tertiary/aromatic N) is 2. The maximum Gasteiger partial charge on any atom is 0.273 e. The molecule has 4 rings (SSSR count). The molecule has 0 bridgehead atoms. The first-order chi connectivity index (χ1) is 14.5. The van der Waals surface area contributed by atoms with Crippen molar-refractivity contribution in [2.24, 2.45) is 0 Å². The van der Waals surface area contributed by atoms with Crippen LogP contribution in [-0.4, -0.2) is 24.5 Å². The highest BCUT2D eigenvalue weighted by molar-refractivity contribution is 7.99. The summed E-state index contributed by atoms with van der Waals surface area (Å²) in [6.45, 7) is 2.49. The van der Waals surface area contributed by atoms with Crippen molar-refractivity contribution in [3.63, 3.8) is 0 Å². The zero-order valence-electron chi connectivity index (χ0n) is 16.7. The second kappa shape index (κ2) is 8.79. The zero-order valence-corrected chi connectivity index (χ0v) is 18.4. The van der Waals surface area contributed by atoms with Gasteiger partial charge in [0.1, 0.15) is 5.25 Å². The van der Waals surface area contributed by atoms with Crippen LogP contribution in [-0.2, 0) is 16.5 Å². The van der Waals surface area contributed by atoms with E-state index in [1.54, 1.807) is 18.0 Å². The number of fused-ring (bicyclic) bond motifs is 2. The number of rotatable bonds is 7. The van der Waals surface area contributed by atoms with Crippen molar-refractivity contribution in [1.82, 2.24) is 4.98 Å². The highest BCUT2D eigenvalue weighted by atomic mass is 32.2. The maximum absolute atomic E-state index is 12.3. The van der Waals surface area contributed by atoms with Crippen LogP contribution in [0.5, 0.6) is 0 Å². The standard InChI is InChI=1S/C23H24N2O3S2/c1-2-8-17-9-7-15-24-23(17)22(30(26,27)28)14-16-25-18-10-3-5-12-20(18)29-21-13-6-4-11-19(21)25/h3-7,9-13,15,22H,2,8,14,16H2,1H3,(H,26,27,28). The Morgan fingerprint density at radius 3 is 2.23 bits per heavy atom. The summed E-state index contributed by atoms with van der Waals surface area (Å²) >= 11 is 1.71. The predicted octanol–water partition coefficient (Wildman–Crippen LogP) is 5.66. The number of benzene rings is 2. The van der Waals surface area contributed by atoms with Crippen molar-refractivity contribution in [2.45, 2.75) is 41.2 Å². The fourth-order valence-electron chi connectivity index (χ4n) is 3.92. The van der Waals surface area contributed by atoms with Gasteiger partial charge in [-0.1, -0.05) is 55.4 Å². The molecule has 2 aromatic carbocycles. The van der Waals surface area contributed by atoms with Crippen molar-refractivity contribution < 1.29 is 13.0 Å². The molecule has 1 aromatic heterocycles. The Morgan fingerprint density at radius 1 is 1.00 bits per heavy atom. The minimum Gasteiger partial charge on any atom is -0.340 e. The first kappa shape index (κ1) is 20.9. The Bertz CT molecular complexity index is 1100. The van der Waals surface area contributed by atoms with Crippen LogP contribution in [0.15, 0.2) is 76.7 Å². The van der Waals surface area contributed by atoms with Gasteiger partial charge in [-0.25, -0.2) is 0 Å². The molecule has 7 heteroatoms. The molecule has 1 N–H and O–H groups in total. The van der Waals surface area contributed by atoms with E-state index in [2.05, 4.69) is 22.0 Å². The normalized spacial score (nSPS) is 14.1. The van der Waals surface area contributed by atoms with Gasteiger partial charge in [0.25, 0.3) is 10.1 Å². The van der Waals surface area contributed by atoms with E-state index in [1.165, 1.54) is 0 Å². The van der Waals surface area contributed by atoms with Gasteiger partial charge < -0.3 is 4.90 Å². The molecule has 0 aliphatic carbocycles. The summed E-state index contributed by atoms with van der Waals surface area (Å²) in [6, 6.07) is 19.9. The van der Waals surface area contributed by atoms with Gasteiger partial charge in [-0.15, -0.1) is 0 Å². The molecule has 1 atom stereocenters. The average Bonchev–Trinajstić information content (AvgIpc) is 2.73. The van der Waals surface area contributed by atoms with Crippen molar-refractivity contribution in [2.75, 3.05) is 11.4 Å². The van der Waals surface area contributed by atoms with Gasteiger partial charge in [-0.3, -0.25) is 9.54 Å². The molecule has 0 spiro atoms. The van der Waals surface area contributed by atoms with Crippen LogP contribution >= 0.6 is 11.8 Å². The van der Waals surface area contributed by atoms with Gasteiger partial charge in [0.05, 0.1) is 17.1 Å². The van der Waals surface area contributed by atoms with E-state index in [0.29, 0.717) is 12.2 Å². The topological polar surface area (TPSA) is 70.5 Å². The number of hydrogen-bond acceptors (Lipinski definition) is 5. The fraction of sp³-hybridized carbons (Fsp3) is 0.261. The number of hydrogen-bond donors (Lipinski definition) is 1. The Kier molecular flexibility index (Phi) is 6.13. The van der Waals surface area contributed by atoms with E-state index in [0.717, 1.165) is 39.6 Å². The number of aromatic nitrogens is 1. The first-order valence-electron chi connectivity index (χ1n) is 10.0. The first-order valence-corrected chi connectivity index (χ1v) is 12.3. The minimum absolute atomic E-state index is 0.236. The van der Waals surface area contributed by atoms with E-state index in [4.69, 9.17) is 0 Å². The van der Waals surface area contributed by atoms with Crippen LogP contribution in [0.2, 0.25) is 0 Å². The molecule has 2 heterocycles. The van der Waals surface area contributed by atoms with Crippen molar-refractivity contribution >= 4 is 33.3 Å². The Morgan fingerprint density at radius 2 is 1.63 bits per heavy atom. The Labute approximate surface area is 181 Å². The number of para-hydroxylation sites is 2. The quantitative estimate of drug-likeness (QED) is 0.478. The molecular weight excluding hydrogens is 416 g/mol. The summed E-state index contributed by atoms with van der Waals surface area (Å²) in [7, 11) is -4.31. The lowest BCUT2D eigenvalue weighted by atomic mass is 10.0. The van der Waals surface area contributed by atoms with Gasteiger partial charge in [0.15, 0.2) is 0 Å². The molecule has 1 unspecified atom stereocenters. The smallest absolute Gasteiger partial charge is 0.273 e. The third kappa shape index (κ3) is 4.24. The monoisotopic (exact) mass is 440 g/mol. The molecule has 30 heavy (non-hydrogen) atoms. The molecule has 1 aliphatic heterocycles. The third-order valence-corrected chi connectivity index (χ3v) is 7.57. The third-order valence-electron chi connectivity index (χ3n) is 5.26. The van der Waals surface area contributed by atoms with Crippen LogP contribution in [0.25, 0.3) is 0 Å². The lowest BCUT2D eigenvalue weighted by Crippen LogP contribution is -2.26. The maximum atomic E-state index is 12.3. The highest BCUT2D eigenvalue weighted by Crippen LogP contribution is 2.48. The van der Waals surface area contributed by atoms with Crippen molar-refractivity contribution in [3.8, 4) is 0 Å². The Hall–Kier alpha value is -2.35. The van der Waals surface area contributed by atoms with Crippen molar-refractivity contribution in [1.29, 1.82) is 0 Å². The van der Waals surface area contributed by atoms with Crippen LogP contribution < -0.4 is 4.90 Å². The van der Waals surface area contributed by atoms with Crippen molar-refractivity contribution in [3.05, 3.63) is 78.1 Å². The predicted molar refractivity (Wildman–Crippen MR) is 121 cm³/mol. The number of aryl methyl sites for hydroxylation is 1. The van der Waals surface area contributed by atoms with Crippen LogP contribution in [0, 0.1) is 0 Å². The molecule has 1 aliphatic rings. The Balaban J connectivity index is 1.69. The average molecular weight is 441 g/mol. The molecule has 0 saturated carbocycles. The molecule has 0 saturated heterocycles. The van der Waals surface area contributed by atoms with Gasteiger partial charge in [-0.05, 0) is 48.7 Å². The number of pyridine rings is 1. The largest absolute Gasteiger partial charge is 0.340 e. The van der Waals surface area contributed by atoms with Crippen LogP contribution in [0.3, 0.4) is 0 Å². The lowest BCUT2D eigenvalue weighted by molar-refractivity contribution is 0.462. The summed E-state index contributed by atoms with van der Waals surface area (Å²) in [4.78, 5) is 8.75. The van der Waals surface area contributed by atoms with Gasteiger partial charge in [0, 0.05) is 22.5 Å². The zero-order chi connectivity index (χ0) is 21.1. The molecule has 0 fully saturated rings. The summed E-state index contributed by atoms with van der Waals surface area (Å²) in [5.41, 5.74) is 3.42. The highest BCUT2D eigenvalue weighted by Gasteiger charge is 2.31. The summed E-state index contributed by atoms with van der Waals surface area (Å²) in [5, 5.41) is -1.06. The molecule has 156 valence electrons. The molecule has 0 amide bonds. The van der Waals surface area contributed by atoms with E-state index < -0.39 is 15.4 Å². The van der Waals surface area contributed by atoms with Crippen LogP contribution in [0.1, 0.15) is 36.3 Å². The molecule has 3 aromatic rings. The second-order valence-corrected chi connectivity index (χ2v) is 9.96. The summed E-state index contributed by atoms with van der Waals surface area (Å²) in [6.07, 6.45) is 3.43. The van der Waals surface area contributed by atoms with E-state index in [9.17, 15) is 13.0 Å². The molecule has 5 nitrogen and oxygen atoms in total. The van der Waals surface area contributed by atoms with Gasteiger partial charge in [-0.2, -0.15) is 8.42 Å².